The summed E-state index contributed by atoms with van der Waals surface area (Å²) in [7, 11) is -3.62. The van der Waals surface area contributed by atoms with Crippen LogP contribution < -0.4 is 16.2 Å². The lowest BCUT2D eigenvalue weighted by atomic mass is 10.2. The highest BCUT2D eigenvalue weighted by atomic mass is 32.2. The summed E-state index contributed by atoms with van der Waals surface area (Å²) in [6, 6.07) is 6.16. The lowest BCUT2D eigenvalue weighted by Crippen LogP contribution is -2.28. The fourth-order valence-electron chi connectivity index (χ4n) is 0.986. The summed E-state index contributed by atoms with van der Waals surface area (Å²) >= 11 is 4.63. The van der Waals surface area contributed by atoms with E-state index in [9.17, 15) is 8.42 Å². The Morgan fingerprint density at radius 2 is 1.87 bits per heavy atom. The molecule has 7 heteroatoms. The van der Waals surface area contributed by atoms with Crippen molar-refractivity contribution >= 4 is 27.4 Å². The summed E-state index contributed by atoms with van der Waals surface area (Å²) in [5.41, 5.74) is 6.11. The first-order valence-electron chi connectivity index (χ1n) is 4.04. The fraction of sp³-hybridized carbons (Fsp3) is 0.125. The Balaban J connectivity index is 2.77. The molecule has 0 atom stereocenters. The van der Waals surface area contributed by atoms with Crippen LogP contribution in [-0.4, -0.2) is 13.5 Å². The Morgan fingerprint density at radius 3 is 2.27 bits per heavy atom. The third-order valence-electron chi connectivity index (χ3n) is 1.72. The van der Waals surface area contributed by atoms with E-state index in [2.05, 4.69) is 17.5 Å². The van der Waals surface area contributed by atoms with Gasteiger partial charge in [0.25, 0.3) is 0 Å². The normalized spacial score (nSPS) is 11.0. The maximum atomic E-state index is 10.9. The molecule has 1 aromatic rings. The SMILES string of the molecule is NC(=S)NCc1ccc(S(N)(=O)=O)cc1. The van der Waals surface area contributed by atoms with Crippen LogP contribution in [0.25, 0.3) is 0 Å². The van der Waals surface area contributed by atoms with Crippen molar-refractivity contribution in [3.8, 4) is 0 Å². The smallest absolute Gasteiger partial charge is 0.238 e. The van der Waals surface area contributed by atoms with Crippen molar-refractivity contribution in [2.24, 2.45) is 10.9 Å². The Bertz CT molecular complexity index is 453. The minimum absolute atomic E-state index is 0.0848. The zero-order valence-electron chi connectivity index (χ0n) is 7.80. The van der Waals surface area contributed by atoms with Crippen molar-refractivity contribution in [3.63, 3.8) is 0 Å². The molecule has 0 amide bonds. The maximum absolute atomic E-state index is 10.9. The molecule has 5 nitrogen and oxygen atoms in total. The Labute approximate surface area is 93.5 Å². The lowest BCUT2D eigenvalue weighted by molar-refractivity contribution is 0.597. The summed E-state index contributed by atoms with van der Waals surface area (Å²) in [6.45, 7) is 0.459. The quantitative estimate of drug-likeness (QED) is 0.633. The molecule has 0 bridgehead atoms. The molecule has 1 rings (SSSR count). The molecule has 0 heterocycles. The van der Waals surface area contributed by atoms with Crippen molar-refractivity contribution in [1.82, 2.24) is 5.32 Å². The predicted molar refractivity (Wildman–Crippen MR) is 61.4 cm³/mol. The summed E-state index contributed by atoms with van der Waals surface area (Å²) < 4.78 is 21.9. The van der Waals surface area contributed by atoms with E-state index >= 15 is 0 Å². The molecule has 0 aliphatic heterocycles. The van der Waals surface area contributed by atoms with Crippen molar-refractivity contribution in [2.45, 2.75) is 11.4 Å². The molecule has 0 saturated carbocycles. The average Bonchev–Trinajstić information content (AvgIpc) is 2.14. The van der Waals surface area contributed by atoms with E-state index in [1.54, 1.807) is 12.1 Å². The van der Waals surface area contributed by atoms with E-state index in [1.165, 1.54) is 12.1 Å². The van der Waals surface area contributed by atoms with E-state index in [1.807, 2.05) is 0 Å². The number of hydrogen-bond donors (Lipinski definition) is 3. The second kappa shape index (κ2) is 4.56. The van der Waals surface area contributed by atoms with Crippen LogP contribution in [0.5, 0.6) is 0 Å². The summed E-state index contributed by atoms with van der Waals surface area (Å²) in [4.78, 5) is 0.0848. The van der Waals surface area contributed by atoms with Gasteiger partial charge in [-0.2, -0.15) is 0 Å². The Kier molecular flexibility index (Phi) is 3.61. The highest BCUT2D eigenvalue weighted by Gasteiger charge is 2.06. The van der Waals surface area contributed by atoms with Crippen LogP contribution >= 0.6 is 12.2 Å². The van der Waals surface area contributed by atoms with Crippen molar-refractivity contribution in [3.05, 3.63) is 29.8 Å². The Morgan fingerprint density at radius 1 is 1.33 bits per heavy atom. The number of benzene rings is 1. The van der Waals surface area contributed by atoms with Crippen LogP contribution in [0.4, 0.5) is 0 Å². The molecule has 0 aromatic heterocycles. The summed E-state index contributed by atoms with van der Waals surface area (Å²) in [5.74, 6) is 0. The zero-order chi connectivity index (χ0) is 11.5. The van der Waals surface area contributed by atoms with Gasteiger partial charge in [-0.05, 0) is 29.9 Å². The first kappa shape index (κ1) is 11.9. The van der Waals surface area contributed by atoms with Gasteiger partial charge in [-0.1, -0.05) is 12.1 Å². The van der Waals surface area contributed by atoms with Crippen molar-refractivity contribution in [1.29, 1.82) is 0 Å². The van der Waals surface area contributed by atoms with Crippen molar-refractivity contribution < 1.29 is 8.42 Å². The molecule has 0 aliphatic rings. The summed E-state index contributed by atoms with van der Waals surface area (Å²) in [6.07, 6.45) is 0. The van der Waals surface area contributed by atoms with Gasteiger partial charge in [0.1, 0.15) is 0 Å². The average molecular weight is 245 g/mol. The first-order valence-corrected chi connectivity index (χ1v) is 6.00. The standard InChI is InChI=1S/C8H11N3O2S2/c9-8(14)11-5-6-1-3-7(4-2-6)15(10,12)13/h1-4H,5H2,(H3,9,11,14)(H2,10,12,13). The van der Waals surface area contributed by atoms with E-state index < -0.39 is 10.0 Å². The third-order valence-corrected chi connectivity index (χ3v) is 2.79. The van der Waals surface area contributed by atoms with Crippen LogP contribution in [0.1, 0.15) is 5.56 Å². The number of thiocarbonyl (C=S) groups is 1. The molecule has 5 N–H and O–H groups in total. The number of hydrogen-bond acceptors (Lipinski definition) is 3. The maximum Gasteiger partial charge on any atom is 0.238 e. The van der Waals surface area contributed by atoms with Gasteiger partial charge in [-0.25, -0.2) is 13.6 Å². The molecule has 0 aliphatic carbocycles. The third kappa shape index (κ3) is 3.82. The monoisotopic (exact) mass is 245 g/mol. The van der Waals surface area contributed by atoms with Gasteiger partial charge < -0.3 is 11.1 Å². The van der Waals surface area contributed by atoms with Crippen LogP contribution in [0.15, 0.2) is 29.2 Å². The number of primary sulfonamides is 1. The molecule has 0 spiro atoms. The summed E-state index contributed by atoms with van der Waals surface area (Å²) in [5, 5.41) is 7.89. The molecule has 0 fully saturated rings. The van der Waals surface area contributed by atoms with Crippen LogP contribution in [0.2, 0.25) is 0 Å². The van der Waals surface area contributed by atoms with Crippen LogP contribution in [-0.2, 0) is 16.6 Å². The molecular formula is C8H11N3O2S2. The van der Waals surface area contributed by atoms with E-state index in [0.29, 0.717) is 6.54 Å². The van der Waals surface area contributed by atoms with Gasteiger partial charge in [0.15, 0.2) is 5.11 Å². The molecular weight excluding hydrogens is 234 g/mol. The highest BCUT2D eigenvalue weighted by Crippen LogP contribution is 2.08. The van der Waals surface area contributed by atoms with E-state index in [0.717, 1.165) is 5.56 Å². The largest absolute Gasteiger partial charge is 0.376 e. The molecule has 1 aromatic carbocycles. The fourth-order valence-corrected chi connectivity index (χ4v) is 1.57. The number of rotatable bonds is 3. The van der Waals surface area contributed by atoms with E-state index in [-0.39, 0.29) is 10.0 Å². The second-order valence-corrected chi connectivity index (χ2v) is 4.91. The molecule has 0 saturated heterocycles. The minimum atomic E-state index is -3.62. The van der Waals surface area contributed by atoms with Gasteiger partial charge in [0, 0.05) is 6.54 Å². The number of nitrogens with one attached hydrogen (secondary N) is 1. The first-order chi connectivity index (χ1) is 6.89. The molecule has 0 unspecified atom stereocenters. The zero-order valence-corrected chi connectivity index (χ0v) is 9.44. The molecule has 82 valence electrons. The molecule has 15 heavy (non-hydrogen) atoms. The van der Waals surface area contributed by atoms with Gasteiger partial charge in [-0.3, -0.25) is 0 Å². The van der Waals surface area contributed by atoms with Crippen molar-refractivity contribution in [2.75, 3.05) is 0 Å². The lowest BCUT2D eigenvalue weighted by Gasteiger charge is -2.04. The highest BCUT2D eigenvalue weighted by molar-refractivity contribution is 7.89. The topological polar surface area (TPSA) is 98.2 Å². The minimum Gasteiger partial charge on any atom is -0.376 e. The Hall–Kier alpha value is -1.18. The van der Waals surface area contributed by atoms with Crippen LogP contribution in [0, 0.1) is 0 Å². The van der Waals surface area contributed by atoms with Gasteiger partial charge >= 0.3 is 0 Å². The van der Waals surface area contributed by atoms with Gasteiger partial charge in [0.05, 0.1) is 4.90 Å². The van der Waals surface area contributed by atoms with E-state index in [4.69, 9.17) is 10.9 Å². The molecule has 0 radical (unpaired) electrons. The second-order valence-electron chi connectivity index (χ2n) is 2.91. The predicted octanol–water partition coefficient (Wildman–Crippen LogP) is -0.333. The number of nitrogens with two attached hydrogens (primary N) is 2. The van der Waals surface area contributed by atoms with Crippen LogP contribution in [0.3, 0.4) is 0 Å². The van der Waals surface area contributed by atoms with Gasteiger partial charge in [0.2, 0.25) is 10.0 Å². The van der Waals surface area contributed by atoms with Gasteiger partial charge in [-0.15, -0.1) is 0 Å². The number of sulfonamides is 1.